The SMILES string of the molecule is C[C@@H](C(=O)N1CCOc2c(O)cc(-c3csc4ccccc34)cc2C1)[NH+](C)C. The average molecular weight is 398 g/mol. The summed E-state index contributed by atoms with van der Waals surface area (Å²) < 4.78 is 7.02. The number of rotatable bonds is 3. The number of carbonyl (C=O) groups excluding carboxylic acids is 1. The van der Waals surface area contributed by atoms with Gasteiger partial charge in [0.2, 0.25) is 0 Å². The number of phenols is 1. The van der Waals surface area contributed by atoms with Gasteiger partial charge in [0.15, 0.2) is 17.5 Å². The zero-order valence-corrected chi connectivity index (χ0v) is 17.2. The number of phenolic OH excluding ortho intramolecular Hbond substituents is 1. The van der Waals surface area contributed by atoms with Crippen LogP contribution < -0.4 is 9.64 Å². The van der Waals surface area contributed by atoms with Gasteiger partial charge in [-0.15, -0.1) is 11.3 Å². The van der Waals surface area contributed by atoms with Crippen LogP contribution in [0.15, 0.2) is 41.8 Å². The van der Waals surface area contributed by atoms with Gasteiger partial charge in [-0.3, -0.25) is 4.79 Å². The van der Waals surface area contributed by atoms with Gasteiger partial charge in [0.1, 0.15) is 6.61 Å². The molecule has 0 radical (unpaired) electrons. The Morgan fingerprint density at radius 3 is 2.86 bits per heavy atom. The van der Waals surface area contributed by atoms with Gasteiger partial charge in [-0.2, -0.15) is 0 Å². The summed E-state index contributed by atoms with van der Waals surface area (Å²) in [5, 5.41) is 13.9. The van der Waals surface area contributed by atoms with Crippen molar-refractivity contribution in [2.24, 2.45) is 0 Å². The second-order valence-corrected chi connectivity index (χ2v) is 8.45. The van der Waals surface area contributed by atoms with E-state index < -0.39 is 0 Å². The van der Waals surface area contributed by atoms with E-state index in [9.17, 15) is 9.90 Å². The number of hydrogen-bond donors (Lipinski definition) is 2. The third kappa shape index (κ3) is 3.34. The van der Waals surface area contributed by atoms with E-state index in [2.05, 4.69) is 17.5 Å². The Labute approximate surface area is 168 Å². The zero-order valence-electron chi connectivity index (χ0n) is 16.4. The number of thiophene rings is 1. The van der Waals surface area contributed by atoms with E-state index in [1.807, 2.05) is 44.1 Å². The number of fused-ring (bicyclic) bond motifs is 2. The van der Waals surface area contributed by atoms with Gasteiger partial charge in [0.05, 0.1) is 20.6 Å². The van der Waals surface area contributed by atoms with Gasteiger partial charge in [-0.25, -0.2) is 0 Å². The highest BCUT2D eigenvalue weighted by Gasteiger charge is 2.28. The number of hydrogen-bond acceptors (Lipinski definition) is 4. The van der Waals surface area contributed by atoms with Crippen LogP contribution in [-0.2, 0) is 11.3 Å². The molecule has 1 aliphatic heterocycles. The monoisotopic (exact) mass is 397 g/mol. The summed E-state index contributed by atoms with van der Waals surface area (Å²) >= 11 is 1.69. The Bertz CT molecular complexity index is 1030. The van der Waals surface area contributed by atoms with Crippen molar-refractivity contribution in [2.45, 2.75) is 19.5 Å². The van der Waals surface area contributed by atoms with Crippen molar-refractivity contribution in [2.75, 3.05) is 27.2 Å². The minimum absolute atomic E-state index is 0.0994. The molecule has 2 N–H and O–H groups in total. The van der Waals surface area contributed by atoms with E-state index in [-0.39, 0.29) is 17.7 Å². The minimum Gasteiger partial charge on any atom is -0.504 e. The Morgan fingerprint density at radius 1 is 1.29 bits per heavy atom. The smallest absolute Gasteiger partial charge is 0.280 e. The molecule has 0 saturated carbocycles. The van der Waals surface area contributed by atoms with Crippen LogP contribution in [0.2, 0.25) is 0 Å². The number of quaternary nitrogens is 1. The molecule has 5 nitrogen and oxygen atoms in total. The first kappa shape index (κ1) is 18.8. The predicted molar refractivity (Wildman–Crippen MR) is 112 cm³/mol. The average Bonchev–Trinajstić information content (AvgIpc) is 2.99. The third-order valence-electron chi connectivity index (χ3n) is 5.46. The molecule has 1 aliphatic rings. The molecule has 0 saturated heterocycles. The fraction of sp³-hybridized carbons (Fsp3) is 0.318. The van der Waals surface area contributed by atoms with E-state index in [4.69, 9.17) is 4.74 Å². The second-order valence-electron chi connectivity index (χ2n) is 7.54. The molecule has 0 spiro atoms. The third-order valence-corrected chi connectivity index (χ3v) is 6.42. The number of nitrogens with one attached hydrogen (secondary N) is 1. The first-order valence-electron chi connectivity index (χ1n) is 9.50. The van der Waals surface area contributed by atoms with E-state index >= 15 is 0 Å². The molecule has 0 bridgehead atoms. The lowest BCUT2D eigenvalue weighted by Gasteiger charge is -2.25. The summed E-state index contributed by atoms with van der Waals surface area (Å²) in [6.45, 7) is 3.27. The van der Waals surface area contributed by atoms with Crippen LogP contribution in [0.3, 0.4) is 0 Å². The first-order valence-corrected chi connectivity index (χ1v) is 10.4. The van der Waals surface area contributed by atoms with Gasteiger partial charge in [0, 0.05) is 27.8 Å². The Balaban J connectivity index is 1.73. The van der Waals surface area contributed by atoms with Crippen molar-refractivity contribution in [1.82, 2.24) is 4.90 Å². The number of ether oxygens (including phenoxy) is 1. The molecule has 28 heavy (non-hydrogen) atoms. The predicted octanol–water partition coefficient (Wildman–Crippen LogP) is 2.53. The van der Waals surface area contributed by atoms with Crippen LogP contribution in [0, 0.1) is 0 Å². The summed E-state index contributed by atoms with van der Waals surface area (Å²) in [6.07, 6.45) is 0. The molecule has 6 heteroatoms. The molecule has 0 aliphatic carbocycles. The molecule has 0 fully saturated rings. The Morgan fingerprint density at radius 2 is 2.07 bits per heavy atom. The molecule has 0 unspecified atom stereocenters. The zero-order chi connectivity index (χ0) is 19.8. The second kappa shape index (κ2) is 7.45. The van der Waals surface area contributed by atoms with Crippen LogP contribution in [0.4, 0.5) is 0 Å². The number of amides is 1. The molecule has 1 atom stereocenters. The number of nitrogens with zero attached hydrogens (tertiary/aromatic N) is 1. The van der Waals surface area contributed by atoms with Crippen molar-refractivity contribution < 1.29 is 19.5 Å². The lowest BCUT2D eigenvalue weighted by molar-refractivity contribution is -0.873. The molecule has 1 aromatic heterocycles. The summed E-state index contributed by atoms with van der Waals surface area (Å²) in [5.74, 6) is 0.717. The molecular formula is C22H25N2O3S+. The van der Waals surface area contributed by atoms with E-state index in [0.717, 1.165) is 21.6 Å². The van der Waals surface area contributed by atoms with Gasteiger partial charge >= 0.3 is 0 Å². The van der Waals surface area contributed by atoms with Crippen molar-refractivity contribution in [3.05, 3.63) is 47.3 Å². The largest absolute Gasteiger partial charge is 0.504 e. The maximum absolute atomic E-state index is 12.9. The summed E-state index contributed by atoms with van der Waals surface area (Å²) in [5.41, 5.74) is 2.88. The minimum atomic E-state index is -0.126. The van der Waals surface area contributed by atoms with Gasteiger partial charge in [0.25, 0.3) is 5.91 Å². The summed E-state index contributed by atoms with van der Waals surface area (Å²) in [6, 6.07) is 11.9. The number of likely N-dealkylation sites (N-methyl/N-ethyl adjacent to an activating group) is 1. The summed E-state index contributed by atoms with van der Waals surface area (Å²) in [7, 11) is 3.97. The van der Waals surface area contributed by atoms with Crippen molar-refractivity contribution in [1.29, 1.82) is 0 Å². The topological polar surface area (TPSA) is 54.2 Å². The molecule has 2 aromatic carbocycles. The van der Waals surface area contributed by atoms with E-state index in [0.29, 0.717) is 25.4 Å². The standard InChI is InChI=1S/C22H24N2O3S/c1-14(23(2)3)22(26)24-8-9-27-21-16(12-24)10-15(11-19(21)25)18-13-28-20-7-5-4-6-17(18)20/h4-7,10-11,13-14,25H,8-9,12H2,1-3H3/p+1/t14-/m0/s1. The molecule has 3 aromatic rings. The fourth-order valence-corrected chi connectivity index (χ4v) is 4.53. The van der Waals surface area contributed by atoms with Crippen LogP contribution >= 0.6 is 11.3 Å². The van der Waals surface area contributed by atoms with Crippen LogP contribution in [-0.4, -0.2) is 49.2 Å². The highest BCUT2D eigenvalue weighted by molar-refractivity contribution is 7.17. The Kier molecular flexibility index (Phi) is 5.00. The van der Waals surface area contributed by atoms with Gasteiger partial charge in [-0.1, -0.05) is 18.2 Å². The number of benzene rings is 2. The highest BCUT2D eigenvalue weighted by atomic mass is 32.1. The lowest BCUT2D eigenvalue weighted by atomic mass is 10.0. The molecule has 4 rings (SSSR count). The number of carbonyl (C=O) groups is 1. The van der Waals surface area contributed by atoms with Crippen LogP contribution in [0.5, 0.6) is 11.5 Å². The van der Waals surface area contributed by atoms with Gasteiger partial charge < -0.3 is 19.6 Å². The Hall–Kier alpha value is -2.57. The maximum atomic E-state index is 12.9. The maximum Gasteiger partial charge on any atom is 0.280 e. The van der Waals surface area contributed by atoms with E-state index in [1.54, 1.807) is 17.4 Å². The number of aromatic hydroxyl groups is 1. The van der Waals surface area contributed by atoms with Crippen molar-refractivity contribution in [3.8, 4) is 22.6 Å². The van der Waals surface area contributed by atoms with Gasteiger partial charge in [-0.05, 0) is 36.1 Å². The molecular weight excluding hydrogens is 372 g/mol. The van der Waals surface area contributed by atoms with Crippen molar-refractivity contribution >= 4 is 27.3 Å². The summed E-state index contributed by atoms with van der Waals surface area (Å²) in [4.78, 5) is 15.8. The molecule has 146 valence electrons. The molecule has 2 heterocycles. The van der Waals surface area contributed by atoms with Crippen LogP contribution in [0.25, 0.3) is 21.2 Å². The van der Waals surface area contributed by atoms with Crippen LogP contribution in [0.1, 0.15) is 12.5 Å². The highest BCUT2D eigenvalue weighted by Crippen LogP contribution is 2.41. The quantitative estimate of drug-likeness (QED) is 0.714. The normalized spacial score (nSPS) is 15.2. The first-order chi connectivity index (χ1) is 13.5. The lowest BCUT2D eigenvalue weighted by Crippen LogP contribution is -3.11. The fourth-order valence-electron chi connectivity index (χ4n) is 3.56. The molecule has 1 amide bonds. The van der Waals surface area contributed by atoms with E-state index in [1.165, 1.54) is 10.1 Å². The van der Waals surface area contributed by atoms with Crippen molar-refractivity contribution in [3.63, 3.8) is 0 Å².